The van der Waals surface area contributed by atoms with Gasteiger partial charge in [0, 0.05) is 76.3 Å². The topological polar surface area (TPSA) is 27.7 Å². The van der Waals surface area contributed by atoms with Crippen molar-refractivity contribution in [1.82, 2.24) is 4.90 Å². The molecule has 0 spiro atoms. The molecule has 2 aromatic carbocycles. The monoisotopic (exact) mass is 532 g/mol. The van der Waals surface area contributed by atoms with Crippen LogP contribution in [0.3, 0.4) is 0 Å². The first kappa shape index (κ1) is 24.6. The number of hydrogen-bond acceptors (Lipinski definition) is 4. The first-order valence-electron chi connectivity index (χ1n) is 10.4. The Bertz CT molecular complexity index is 942. The Kier molecular flexibility index (Phi) is 9.30. The van der Waals surface area contributed by atoms with Crippen LogP contribution >= 0.6 is 23.2 Å². The van der Waals surface area contributed by atoms with E-state index in [0.29, 0.717) is 10.0 Å². The smallest absolute Gasteiger partial charge is 0.121 e. The van der Waals surface area contributed by atoms with E-state index in [-0.39, 0.29) is 32.7 Å². The minimum Gasteiger partial charge on any atom is -0.494 e. The van der Waals surface area contributed by atoms with Gasteiger partial charge >= 0.3 is 0 Å². The molecular weight excluding hydrogens is 506 g/mol. The Balaban J connectivity index is 0.00000272. The Hall–Kier alpha value is -1.04. The summed E-state index contributed by atoms with van der Waals surface area (Å²) in [4.78, 5) is 4.83. The predicted molar refractivity (Wildman–Crippen MR) is 128 cm³/mol. The fourth-order valence-corrected chi connectivity index (χ4v) is 4.28. The predicted octanol–water partition coefficient (Wildman–Crippen LogP) is 5.92. The number of ether oxygens (including phenoxy) is 1. The number of nitrogens with one attached hydrogen (secondary N) is 1. The molecule has 161 valence electrons. The average Bonchev–Trinajstić information content (AvgIpc) is 2.76. The Morgan fingerprint density at radius 1 is 1.00 bits per heavy atom. The van der Waals surface area contributed by atoms with E-state index in [1.54, 1.807) is 0 Å². The van der Waals surface area contributed by atoms with Gasteiger partial charge in [-0.25, -0.2) is 0 Å². The van der Waals surface area contributed by atoms with Gasteiger partial charge in [0.05, 0.1) is 22.3 Å². The fraction of sp³-hybridized carbons (Fsp3) is 0.333. The van der Waals surface area contributed by atoms with Crippen molar-refractivity contribution >= 4 is 40.7 Å². The summed E-state index contributed by atoms with van der Waals surface area (Å²) in [5.74, 6) is 0.899. The van der Waals surface area contributed by atoms with E-state index >= 15 is 0 Å². The van der Waals surface area contributed by atoms with E-state index in [1.807, 2.05) is 36.4 Å². The summed E-state index contributed by atoms with van der Waals surface area (Å²) in [6.45, 7) is 9.79. The van der Waals surface area contributed by atoms with Gasteiger partial charge in [-0.05, 0) is 55.3 Å². The SMILES string of the molecule is C=C1C=Cc2ccc(OCCCCN3CCN(c4cccc(Cl)c4Cl)CC3)cc2N1.[Y]. The van der Waals surface area contributed by atoms with Gasteiger partial charge in [0.25, 0.3) is 0 Å². The largest absolute Gasteiger partial charge is 0.494 e. The van der Waals surface area contributed by atoms with Gasteiger partial charge in [-0.1, -0.05) is 41.9 Å². The van der Waals surface area contributed by atoms with Gasteiger partial charge < -0.3 is 15.0 Å². The molecule has 2 heterocycles. The number of benzene rings is 2. The normalized spacial score (nSPS) is 15.8. The first-order chi connectivity index (χ1) is 14.6. The van der Waals surface area contributed by atoms with Crippen LogP contribution in [0.1, 0.15) is 18.4 Å². The number of anilines is 2. The molecule has 0 aliphatic carbocycles. The maximum absolute atomic E-state index is 6.37. The van der Waals surface area contributed by atoms with Gasteiger partial charge in [-0.15, -0.1) is 0 Å². The molecular formula is C24H27Cl2N3OY. The average molecular weight is 533 g/mol. The molecule has 0 atom stereocenters. The van der Waals surface area contributed by atoms with Crippen molar-refractivity contribution in [3.8, 4) is 5.75 Å². The number of fused-ring (bicyclic) bond motifs is 1. The van der Waals surface area contributed by atoms with Crippen LogP contribution in [0.5, 0.6) is 5.75 Å². The van der Waals surface area contributed by atoms with Gasteiger partial charge in [-0.3, -0.25) is 4.90 Å². The number of rotatable bonds is 7. The molecule has 2 aliphatic rings. The van der Waals surface area contributed by atoms with Crippen LogP contribution in [0.15, 0.2) is 54.8 Å². The van der Waals surface area contributed by atoms with Crippen molar-refractivity contribution in [2.45, 2.75) is 12.8 Å². The van der Waals surface area contributed by atoms with Crippen LogP contribution in [-0.2, 0) is 32.7 Å². The first-order valence-corrected chi connectivity index (χ1v) is 11.2. The molecule has 0 amide bonds. The molecule has 2 aromatic rings. The summed E-state index contributed by atoms with van der Waals surface area (Å²) in [5.41, 5.74) is 4.15. The van der Waals surface area contributed by atoms with E-state index in [1.165, 1.54) is 0 Å². The summed E-state index contributed by atoms with van der Waals surface area (Å²) < 4.78 is 5.95. The fourth-order valence-electron chi connectivity index (χ4n) is 3.86. The molecule has 1 saturated heterocycles. The molecule has 0 saturated carbocycles. The number of nitrogens with zero attached hydrogens (tertiary/aromatic N) is 2. The van der Waals surface area contributed by atoms with E-state index in [2.05, 4.69) is 33.8 Å². The molecule has 31 heavy (non-hydrogen) atoms. The van der Waals surface area contributed by atoms with Gasteiger partial charge in [-0.2, -0.15) is 0 Å². The third-order valence-electron chi connectivity index (χ3n) is 5.57. The quantitative estimate of drug-likeness (QED) is 0.447. The second kappa shape index (κ2) is 11.7. The van der Waals surface area contributed by atoms with Crippen LogP contribution in [-0.4, -0.2) is 44.2 Å². The zero-order valence-corrected chi connectivity index (χ0v) is 22.0. The summed E-state index contributed by atoms with van der Waals surface area (Å²) in [7, 11) is 0. The van der Waals surface area contributed by atoms with Crippen LogP contribution in [0, 0.1) is 0 Å². The van der Waals surface area contributed by atoms with Crippen LogP contribution in [0.2, 0.25) is 10.0 Å². The third kappa shape index (κ3) is 6.49. The van der Waals surface area contributed by atoms with Crippen LogP contribution in [0.25, 0.3) is 6.08 Å². The van der Waals surface area contributed by atoms with Crippen molar-refractivity contribution < 1.29 is 37.4 Å². The molecule has 1 fully saturated rings. The van der Waals surface area contributed by atoms with Gasteiger partial charge in [0.2, 0.25) is 0 Å². The molecule has 1 N–H and O–H groups in total. The Morgan fingerprint density at radius 3 is 2.61 bits per heavy atom. The number of halogens is 2. The second-order valence-corrected chi connectivity index (χ2v) is 8.47. The van der Waals surface area contributed by atoms with Crippen molar-refractivity contribution in [3.05, 3.63) is 70.4 Å². The zero-order valence-electron chi connectivity index (χ0n) is 17.6. The van der Waals surface area contributed by atoms with E-state index in [0.717, 1.165) is 80.6 Å². The molecule has 1 radical (unpaired) electrons. The Morgan fingerprint density at radius 2 is 1.81 bits per heavy atom. The molecule has 0 aromatic heterocycles. The number of hydrogen-bond donors (Lipinski definition) is 1. The van der Waals surface area contributed by atoms with E-state index < -0.39 is 0 Å². The van der Waals surface area contributed by atoms with Crippen LogP contribution in [0.4, 0.5) is 11.4 Å². The van der Waals surface area contributed by atoms with Crippen molar-refractivity contribution in [2.75, 3.05) is 49.5 Å². The molecule has 7 heteroatoms. The zero-order chi connectivity index (χ0) is 20.9. The maximum Gasteiger partial charge on any atom is 0.121 e. The third-order valence-corrected chi connectivity index (χ3v) is 6.37. The molecule has 4 rings (SSSR count). The molecule has 0 unspecified atom stereocenters. The minimum atomic E-state index is 0. The summed E-state index contributed by atoms with van der Waals surface area (Å²) in [6.07, 6.45) is 6.21. The maximum atomic E-state index is 6.37. The standard InChI is InChI=1S/C24H27Cl2N3O.Y/c1-18-7-8-19-9-10-20(17-22(19)27-18)30-16-3-2-11-28-12-14-29(15-13-28)23-6-4-5-21(25)24(23)26;/h4-10,17,27H,1-3,11-16H2;. The van der Waals surface area contributed by atoms with E-state index in [9.17, 15) is 0 Å². The van der Waals surface area contributed by atoms with Crippen molar-refractivity contribution in [2.24, 2.45) is 0 Å². The van der Waals surface area contributed by atoms with Crippen molar-refractivity contribution in [3.63, 3.8) is 0 Å². The Labute approximate surface area is 220 Å². The summed E-state index contributed by atoms with van der Waals surface area (Å²) in [5, 5.41) is 4.55. The number of piperazine rings is 1. The minimum absolute atomic E-state index is 0. The second-order valence-electron chi connectivity index (χ2n) is 7.69. The van der Waals surface area contributed by atoms with Gasteiger partial charge in [0.15, 0.2) is 0 Å². The van der Waals surface area contributed by atoms with Crippen LogP contribution < -0.4 is 15.0 Å². The molecule has 4 nitrogen and oxygen atoms in total. The number of unbranched alkanes of at least 4 members (excludes halogenated alkanes) is 1. The summed E-state index contributed by atoms with van der Waals surface area (Å²) in [6, 6.07) is 12.0. The van der Waals surface area contributed by atoms with Crippen molar-refractivity contribution in [1.29, 1.82) is 0 Å². The van der Waals surface area contributed by atoms with Gasteiger partial charge in [0.1, 0.15) is 5.75 Å². The molecule has 2 aliphatic heterocycles. The summed E-state index contributed by atoms with van der Waals surface area (Å²) >= 11 is 12.5. The number of allylic oxidation sites excluding steroid dienone is 1. The van der Waals surface area contributed by atoms with E-state index in [4.69, 9.17) is 27.9 Å². The molecule has 0 bridgehead atoms.